The lowest BCUT2D eigenvalue weighted by atomic mass is 9.95. The van der Waals surface area contributed by atoms with Gasteiger partial charge in [0.15, 0.2) is 0 Å². The van der Waals surface area contributed by atoms with Crippen molar-refractivity contribution in [2.45, 2.75) is 19.4 Å². The van der Waals surface area contributed by atoms with Crippen LogP contribution in [0.25, 0.3) is 10.9 Å². The number of hydrogen-bond acceptors (Lipinski definition) is 4. The summed E-state index contributed by atoms with van der Waals surface area (Å²) < 4.78 is 0. The number of aromatic nitrogens is 1. The number of para-hydroxylation sites is 1. The van der Waals surface area contributed by atoms with Crippen molar-refractivity contribution < 1.29 is 5.21 Å². The minimum atomic E-state index is 0.205. The van der Waals surface area contributed by atoms with Crippen molar-refractivity contribution in [2.75, 3.05) is 13.1 Å². The Morgan fingerprint density at radius 2 is 2.05 bits per heavy atom. The van der Waals surface area contributed by atoms with E-state index in [9.17, 15) is 0 Å². The maximum atomic E-state index is 8.75. The van der Waals surface area contributed by atoms with Crippen LogP contribution >= 0.6 is 0 Å². The van der Waals surface area contributed by atoms with Gasteiger partial charge in [0.2, 0.25) is 0 Å². The Kier molecular flexibility index (Phi) is 4.01. The van der Waals surface area contributed by atoms with Gasteiger partial charge in [-0.15, -0.1) is 0 Å². The second-order valence-corrected chi connectivity index (χ2v) is 5.57. The zero-order valence-electron chi connectivity index (χ0n) is 11.9. The highest BCUT2D eigenvalue weighted by molar-refractivity contribution is 5.82. The Morgan fingerprint density at radius 3 is 2.81 bits per heavy atom. The van der Waals surface area contributed by atoms with E-state index in [0.717, 1.165) is 38.0 Å². The number of rotatable bonds is 3. The predicted molar refractivity (Wildman–Crippen MR) is 83.2 cm³/mol. The van der Waals surface area contributed by atoms with Crippen LogP contribution in [0, 0.1) is 5.92 Å². The van der Waals surface area contributed by atoms with E-state index in [-0.39, 0.29) is 5.92 Å². The van der Waals surface area contributed by atoms with Crippen molar-refractivity contribution in [3.8, 4) is 0 Å². The minimum absolute atomic E-state index is 0.205. The summed E-state index contributed by atoms with van der Waals surface area (Å²) in [6.07, 6.45) is 3.72. The zero-order chi connectivity index (χ0) is 14.7. The number of hydrogen-bond donors (Lipinski definition) is 2. The molecule has 3 rings (SSSR count). The molecule has 0 spiro atoms. The second-order valence-electron chi connectivity index (χ2n) is 5.57. The highest BCUT2D eigenvalue weighted by Gasteiger charge is 2.22. The van der Waals surface area contributed by atoms with E-state index in [1.165, 1.54) is 10.9 Å². The van der Waals surface area contributed by atoms with Crippen molar-refractivity contribution in [1.82, 2.24) is 9.88 Å². The van der Waals surface area contributed by atoms with E-state index >= 15 is 0 Å². The van der Waals surface area contributed by atoms with E-state index in [0.29, 0.717) is 5.84 Å². The maximum absolute atomic E-state index is 8.75. The average Bonchev–Trinajstić information content (AvgIpc) is 2.55. The van der Waals surface area contributed by atoms with Crippen LogP contribution in [-0.4, -0.2) is 34.0 Å². The molecule has 5 heteroatoms. The van der Waals surface area contributed by atoms with Crippen molar-refractivity contribution in [3.63, 3.8) is 0 Å². The molecule has 1 saturated heterocycles. The second kappa shape index (κ2) is 6.10. The summed E-state index contributed by atoms with van der Waals surface area (Å²) in [7, 11) is 0. The first-order valence-corrected chi connectivity index (χ1v) is 7.30. The molecule has 2 aromatic rings. The largest absolute Gasteiger partial charge is 0.409 e. The highest BCUT2D eigenvalue weighted by Crippen LogP contribution is 2.22. The van der Waals surface area contributed by atoms with Crippen molar-refractivity contribution in [3.05, 3.63) is 42.1 Å². The molecule has 3 N–H and O–H groups in total. The van der Waals surface area contributed by atoms with Gasteiger partial charge in [-0.2, -0.15) is 0 Å². The first kappa shape index (κ1) is 13.8. The van der Waals surface area contributed by atoms with Crippen molar-refractivity contribution in [1.29, 1.82) is 0 Å². The third kappa shape index (κ3) is 2.97. The molecule has 21 heavy (non-hydrogen) atoms. The lowest BCUT2D eigenvalue weighted by molar-refractivity contribution is 0.199. The van der Waals surface area contributed by atoms with Crippen LogP contribution < -0.4 is 5.73 Å². The Balaban J connectivity index is 1.70. The summed E-state index contributed by atoms with van der Waals surface area (Å²) in [6, 6.07) is 10.4. The summed E-state index contributed by atoms with van der Waals surface area (Å²) in [5, 5.41) is 13.1. The quantitative estimate of drug-likeness (QED) is 0.392. The molecule has 1 fully saturated rings. The van der Waals surface area contributed by atoms with Crippen LogP contribution in [-0.2, 0) is 6.54 Å². The fourth-order valence-electron chi connectivity index (χ4n) is 3.00. The smallest absolute Gasteiger partial charge is 0.142 e. The van der Waals surface area contributed by atoms with Crippen LogP contribution in [0.2, 0.25) is 0 Å². The summed E-state index contributed by atoms with van der Waals surface area (Å²) >= 11 is 0. The number of benzene rings is 1. The summed E-state index contributed by atoms with van der Waals surface area (Å²) in [6.45, 7) is 2.82. The van der Waals surface area contributed by atoms with E-state index in [1.807, 2.05) is 12.3 Å². The molecule has 110 valence electrons. The number of pyridine rings is 1. The molecular weight excluding hydrogens is 264 g/mol. The van der Waals surface area contributed by atoms with Gasteiger partial charge in [-0.1, -0.05) is 29.4 Å². The first-order chi connectivity index (χ1) is 10.3. The van der Waals surface area contributed by atoms with Crippen LogP contribution in [0.4, 0.5) is 0 Å². The number of oxime groups is 1. The third-order valence-corrected chi connectivity index (χ3v) is 4.23. The molecule has 1 aliphatic heterocycles. The number of nitrogens with two attached hydrogens (primary N) is 1. The summed E-state index contributed by atoms with van der Waals surface area (Å²) in [5.74, 6) is 0.568. The van der Waals surface area contributed by atoms with Gasteiger partial charge in [-0.3, -0.25) is 9.88 Å². The molecule has 1 aromatic heterocycles. The van der Waals surface area contributed by atoms with Crippen LogP contribution in [0.5, 0.6) is 0 Å². The average molecular weight is 284 g/mol. The number of nitrogens with zero attached hydrogens (tertiary/aromatic N) is 3. The van der Waals surface area contributed by atoms with Gasteiger partial charge in [0.1, 0.15) is 5.84 Å². The Labute approximate surface area is 124 Å². The fraction of sp³-hybridized carbons (Fsp3) is 0.375. The van der Waals surface area contributed by atoms with Crippen molar-refractivity contribution >= 4 is 16.7 Å². The van der Waals surface area contributed by atoms with E-state index in [1.54, 1.807) is 0 Å². The SMILES string of the molecule is NC(=NO)C1CCN(Cc2cccc3cccnc23)CC1. The lowest BCUT2D eigenvalue weighted by Gasteiger charge is -2.31. The third-order valence-electron chi connectivity index (χ3n) is 4.23. The first-order valence-electron chi connectivity index (χ1n) is 7.30. The molecule has 1 aliphatic rings. The molecule has 0 bridgehead atoms. The van der Waals surface area contributed by atoms with Gasteiger partial charge in [-0.25, -0.2) is 0 Å². The minimum Gasteiger partial charge on any atom is -0.409 e. The summed E-state index contributed by atoms with van der Waals surface area (Å²) in [5.41, 5.74) is 8.03. The Morgan fingerprint density at radius 1 is 1.29 bits per heavy atom. The van der Waals surface area contributed by atoms with Crippen LogP contribution in [0.1, 0.15) is 18.4 Å². The molecule has 2 heterocycles. The van der Waals surface area contributed by atoms with E-state index in [4.69, 9.17) is 10.9 Å². The molecule has 5 nitrogen and oxygen atoms in total. The van der Waals surface area contributed by atoms with Gasteiger partial charge in [0, 0.05) is 24.0 Å². The van der Waals surface area contributed by atoms with Crippen molar-refractivity contribution in [2.24, 2.45) is 16.8 Å². The zero-order valence-corrected chi connectivity index (χ0v) is 11.9. The molecule has 0 amide bonds. The lowest BCUT2D eigenvalue weighted by Crippen LogP contribution is -2.38. The predicted octanol–water partition coefficient (Wildman–Crippen LogP) is 2.19. The van der Waals surface area contributed by atoms with E-state index < -0.39 is 0 Å². The van der Waals surface area contributed by atoms with E-state index in [2.05, 4.69) is 39.3 Å². The molecule has 1 aromatic carbocycles. The number of piperidine rings is 1. The molecule has 0 radical (unpaired) electrons. The van der Waals surface area contributed by atoms with Gasteiger partial charge in [0.25, 0.3) is 0 Å². The fourth-order valence-corrected chi connectivity index (χ4v) is 3.00. The molecule has 0 atom stereocenters. The topological polar surface area (TPSA) is 74.7 Å². The Hall–Kier alpha value is -2.14. The molecule has 0 aliphatic carbocycles. The number of fused-ring (bicyclic) bond motifs is 1. The van der Waals surface area contributed by atoms with Gasteiger partial charge in [-0.05, 0) is 37.6 Å². The molecular formula is C16H20N4O. The number of likely N-dealkylation sites (tertiary alicyclic amines) is 1. The van der Waals surface area contributed by atoms with Crippen LogP contribution in [0.3, 0.4) is 0 Å². The van der Waals surface area contributed by atoms with Gasteiger partial charge < -0.3 is 10.9 Å². The number of amidine groups is 1. The summed E-state index contributed by atoms with van der Waals surface area (Å²) in [4.78, 5) is 6.91. The van der Waals surface area contributed by atoms with Crippen LogP contribution in [0.15, 0.2) is 41.7 Å². The normalized spacial score (nSPS) is 18.2. The maximum Gasteiger partial charge on any atom is 0.142 e. The monoisotopic (exact) mass is 284 g/mol. The highest BCUT2D eigenvalue weighted by atomic mass is 16.4. The molecule has 0 unspecified atom stereocenters. The van der Waals surface area contributed by atoms with Gasteiger partial charge in [0.05, 0.1) is 5.52 Å². The molecule has 0 saturated carbocycles. The standard InChI is InChI=1S/C16H20N4O/c17-16(19-21)13-6-9-20(10-7-13)11-14-4-1-3-12-5-2-8-18-15(12)14/h1-5,8,13,21H,6-7,9-11H2,(H2,17,19). The van der Waals surface area contributed by atoms with Gasteiger partial charge >= 0.3 is 0 Å². The Bertz CT molecular complexity index is 642.